The highest BCUT2D eigenvalue weighted by Crippen LogP contribution is 1.84. The van der Waals surface area contributed by atoms with Crippen molar-refractivity contribution in [3.63, 3.8) is 0 Å². The van der Waals surface area contributed by atoms with E-state index in [1.165, 1.54) is 6.08 Å². The van der Waals surface area contributed by atoms with E-state index in [0.29, 0.717) is 0 Å². The van der Waals surface area contributed by atoms with Crippen LogP contribution in [0.25, 0.3) is 0 Å². The zero-order valence-electron chi connectivity index (χ0n) is 4.69. The van der Waals surface area contributed by atoms with Crippen LogP contribution in [0, 0.1) is 0 Å². The maximum atomic E-state index is 9.77. The highest BCUT2D eigenvalue weighted by atomic mass is 16.5. The molecule has 0 saturated carbocycles. The first-order chi connectivity index (χ1) is 4.13. The Bertz CT molecular complexity index is 116. The van der Waals surface area contributed by atoms with Gasteiger partial charge in [-0.3, -0.25) is 4.79 Å². The van der Waals surface area contributed by atoms with E-state index in [-0.39, 0.29) is 6.42 Å². The molecule has 0 fully saturated rings. The van der Waals surface area contributed by atoms with Crippen molar-refractivity contribution in [3.05, 3.63) is 12.2 Å². The molecule has 0 unspecified atom stereocenters. The monoisotopic (exact) mass is 132 g/mol. The lowest BCUT2D eigenvalue weighted by Crippen LogP contribution is -1.98. The fourth-order valence-corrected chi connectivity index (χ4v) is 0.291. The van der Waals surface area contributed by atoms with Gasteiger partial charge in [0.15, 0.2) is 6.29 Å². The molecule has 0 aromatic heterocycles. The van der Waals surface area contributed by atoms with Gasteiger partial charge in [0.05, 0.1) is 6.42 Å². The zero-order valence-corrected chi connectivity index (χ0v) is 4.69. The summed E-state index contributed by atoms with van der Waals surface area (Å²) < 4.78 is 0. The predicted octanol–water partition coefficient (Wildman–Crippen LogP) is -0.672. The second-order valence-corrected chi connectivity index (χ2v) is 1.44. The molecule has 0 aromatic rings. The van der Waals surface area contributed by atoms with E-state index >= 15 is 0 Å². The van der Waals surface area contributed by atoms with Crippen LogP contribution < -0.4 is 0 Å². The van der Waals surface area contributed by atoms with Crippen molar-refractivity contribution < 1.29 is 20.1 Å². The van der Waals surface area contributed by atoms with Gasteiger partial charge in [-0.1, -0.05) is 6.08 Å². The Kier molecular flexibility index (Phi) is 3.66. The van der Waals surface area contributed by atoms with E-state index in [1.807, 2.05) is 0 Å². The minimum Gasteiger partial charge on any atom is -0.481 e. The smallest absolute Gasteiger partial charge is 0.307 e. The average molecular weight is 132 g/mol. The van der Waals surface area contributed by atoms with E-state index in [2.05, 4.69) is 0 Å². The molecule has 0 aliphatic carbocycles. The molecular formula is C5H8O4. The van der Waals surface area contributed by atoms with Crippen LogP contribution in [-0.2, 0) is 4.79 Å². The molecule has 0 spiro atoms. The molecule has 0 bridgehead atoms. The summed E-state index contributed by atoms with van der Waals surface area (Å²) in [6.45, 7) is 0. The molecule has 52 valence electrons. The molecule has 4 heteroatoms. The van der Waals surface area contributed by atoms with Gasteiger partial charge in [0.2, 0.25) is 0 Å². The molecule has 0 atom stereocenters. The molecule has 0 radical (unpaired) electrons. The molecule has 0 amide bonds. The maximum absolute atomic E-state index is 9.77. The summed E-state index contributed by atoms with van der Waals surface area (Å²) in [6, 6.07) is 0. The van der Waals surface area contributed by atoms with Gasteiger partial charge in [0.25, 0.3) is 0 Å². The number of hydrogen-bond acceptors (Lipinski definition) is 3. The van der Waals surface area contributed by atoms with Gasteiger partial charge in [-0.05, 0) is 6.08 Å². The Morgan fingerprint density at radius 3 is 2.44 bits per heavy atom. The van der Waals surface area contributed by atoms with Gasteiger partial charge in [0, 0.05) is 0 Å². The van der Waals surface area contributed by atoms with Gasteiger partial charge in [-0.15, -0.1) is 0 Å². The number of hydrogen-bond donors (Lipinski definition) is 3. The first-order valence-corrected chi connectivity index (χ1v) is 2.37. The van der Waals surface area contributed by atoms with Crippen molar-refractivity contribution in [2.75, 3.05) is 0 Å². The first kappa shape index (κ1) is 8.13. The lowest BCUT2D eigenvalue weighted by Gasteiger charge is -1.89. The van der Waals surface area contributed by atoms with E-state index in [9.17, 15) is 4.79 Å². The second-order valence-electron chi connectivity index (χ2n) is 1.44. The number of carboxylic acid groups (broad SMARTS) is 1. The standard InChI is InChI=1S/C5H8O4/c6-4(7)2-1-3-5(8)9/h1-2,4,6-7H,3H2,(H,8,9)/b2-1+. The highest BCUT2D eigenvalue weighted by molar-refractivity contribution is 5.68. The largest absolute Gasteiger partial charge is 0.481 e. The Balaban J connectivity index is 3.36. The number of aliphatic hydroxyl groups is 2. The Hall–Kier alpha value is -0.870. The lowest BCUT2D eigenvalue weighted by molar-refractivity contribution is -0.136. The maximum Gasteiger partial charge on any atom is 0.307 e. The number of rotatable bonds is 3. The molecule has 9 heavy (non-hydrogen) atoms. The third-order valence-electron chi connectivity index (χ3n) is 0.601. The van der Waals surface area contributed by atoms with Crippen LogP contribution in [0.2, 0.25) is 0 Å². The van der Waals surface area contributed by atoms with Crippen LogP contribution in [0.1, 0.15) is 6.42 Å². The van der Waals surface area contributed by atoms with Crippen molar-refractivity contribution in [2.45, 2.75) is 12.7 Å². The van der Waals surface area contributed by atoms with Crippen LogP contribution in [0.3, 0.4) is 0 Å². The van der Waals surface area contributed by atoms with Crippen molar-refractivity contribution in [3.8, 4) is 0 Å². The molecule has 0 rings (SSSR count). The SMILES string of the molecule is O=C(O)C/C=C/C(O)O. The molecule has 0 aliphatic heterocycles. The summed E-state index contributed by atoms with van der Waals surface area (Å²) in [5.74, 6) is -0.994. The van der Waals surface area contributed by atoms with Crippen molar-refractivity contribution in [2.24, 2.45) is 0 Å². The average Bonchev–Trinajstić information content (AvgIpc) is 1.63. The van der Waals surface area contributed by atoms with Gasteiger partial charge in [-0.2, -0.15) is 0 Å². The fourth-order valence-electron chi connectivity index (χ4n) is 0.291. The van der Waals surface area contributed by atoms with E-state index in [1.54, 1.807) is 0 Å². The Morgan fingerprint density at radius 2 is 2.11 bits per heavy atom. The lowest BCUT2D eigenvalue weighted by atomic mass is 10.4. The molecule has 0 aliphatic rings. The van der Waals surface area contributed by atoms with Crippen LogP contribution in [0.4, 0.5) is 0 Å². The van der Waals surface area contributed by atoms with Gasteiger partial charge in [0.1, 0.15) is 0 Å². The first-order valence-electron chi connectivity index (χ1n) is 2.37. The van der Waals surface area contributed by atoms with Crippen LogP contribution in [-0.4, -0.2) is 27.6 Å². The fraction of sp³-hybridized carbons (Fsp3) is 0.400. The van der Waals surface area contributed by atoms with Crippen molar-refractivity contribution in [1.29, 1.82) is 0 Å². The third-order valence-corrected chi connectivity index (χ3v) is 0.601. The molecule has 0 aromatic carbocycles. The van der Waals surface area contributed by atoms with Crippen molar-refractivity contribution in [1.82, 2.24) is 0 Å². The van der Waals surface area contributed by atoms with E-state index in [4.69, 9.17) is 15.3 Å². The quantitative estimate of drug-likeness (QED) is 0.351. The minimum absolute atomic E-state index is 0.183. The molecule has 0 heterocycles. The number of aliphatic hydroxyl groups excluding tert-OH is 1. The molecule has 3 N–H and O–H groups in total. The predicted molar refractivity (Wildman–Crippen MR) is 29.6 cm³/mol. The summed E-state index contributed by atoms with van der Waals surface area (Å²) >= 11 is 0. The summed E-state index contributed by atoms with van der Waals surface area (Å²) in [5, 5.41) is 24.3. The second kappa shape index (κ2) is 4.05. The summed E-state index contributed by atoms with van der Waals surface area (Å²) in [5.41, 5.74) is 0. The summed E-state index contributed by atoms with van der Waals surface area (Å²) in [7, 11) is 0. The molecular weight excluding hydrogens is 124 g/mol. The van der Waals surface area contributed by atoms with Crippen LogP contribution in [0.15, 0.2) is 12.2 Å². The van der Waals surface area contributed by atoms with E-state index < -0.39 is 12.3 Å². The Labute approximate surface area is 52.1 Å². The third kappa shape index (κ3) is 7.13. The number of aliphatic carboxylic acids is 1. The van der Waals surface area contributed by atoms with E-state index in [0.717, 1.165) is 6.08 Å². The Morgan fingerprint density at radius 1 is 1.56 bits per heavy atom. The van der Waals surface area contributed by atoms with Gasteiger partial charge < -0.3 is 15.3 Å². The van der Waals surface area contributed by atoms with Crippen LogP contribution >= 0.6 is 0 Å². The minimum atomic E-state index is -1.55. The van der Waals surface area contributed by atoms with Gasteiger partial charge in [-0.25, -0.2) is 0 Å². The normalized spacial score (nSPS) is 11.0. The van der Waals surface area contributed by atoms with Crippen LogP contribution in [0.5, 0.6) is 0 Å². The number of carbonyl (C=O) groups is 1. The highest BCUT2D eigenvalue weighted by Gasteiger charge is 1.90. The topological polar surface area (TPSA) is 77.8 Å². The zero-order chi connectivity index (χ0) is 7.28. The summed E-state index contributed by atoms with van der Waals surface area (Å²) in [6.07, 6.45) is 0.433. The summed E-state index contributed by atoms with van der Waals surface area (Å²) in [4.78, 5) is 9.77. The molecule has 0 saturated heterocycles. The molecule has 4 nitrogen and oxygen atoms in total. The number of carboxylic acids is 1. The van der Waals surface area contributed by atoms with Crippen molar-refractivity contribution >= 4 is 5.97 Å². The van der Waals surface area contributed by atoms with Gasteiger partial charge >= 0.3 is 5.97 Å².